The van der Waals surface area contributed by atoms with Crippen LogP contribution < -0.4 is 21.7 Å². The number of aromatic nitrogens is 2. The van der Waals surface area contributed by atoms with E-state index in [9.17, 15) is 0 Å². The Balaban J connectivity index is 1.69. The van der Waals surface area contributed by atoms with Gasteiger partial charge in [0.05, 0.1) is 6.20 Å². The van der Waals surface area contributed by atoms with E-state index >= 15 is 0 Å². The van der Waals surface area contributed by atoms with Crippen LogP contribution in [0.4, 0.5) is 0 Å². The lowest BCUT2D eigenvalue weighted by Crippen LogP contribution is -2.52. The number of halogens is 1. The quantitative estimate of drug-likeness (QED) is 0.643. The largest absolute Gasteiger partial charge is 0.367 e. The number of hydrogen-bond acceptors (Lipinski definition) is 6. The highest BCUT2D eigenvalue weighted by atomic mass is 35.5. The molecule has 1 atom stereocenters. The number of hydrogen-bond donors (Lipinski definition) is 4. The summed E-state index contributed by atoms with van der Waals surface area (Å²) in [5.41, 5.74) is 9.36. The molecular weight excluding hydrogens is 362 g/mol. The van der Waals surface area contributed by atoms with Crippen molar-refractivity contribution in [2.75, 3.05) is 13.1 Å². The van der Waals surface area contributed by atoms with Crippen LogP contribution >= 0.6 is 11.6 Å². The van der Waals surface area contributed by atoms with Crippen molar-refractivity contribution < 1.29 is 0 Å². The second kappa shape index (κ2) is 7.34. The molecule has 0 bridgehead atoms. The van der Waals surface area contributed by atoms with Crippen LogP contribution in [-0.2, 0) is 12.8 Å². The molecule has 1 aromatic carbocycles. The monoisotopic (exact) mass is 385 g/mol. The molecule has 1 unspecified atom stereocenters. The van der Waals surface area contributed by atoms with Crippen LogP contribution in [-0.4, -0.2) is 34.7 Å². The first kappa shape index (κ1) is 18.0. The summed E-state index contributed by atoms with van der Waals surface area (Å²) in [5.74, 6) is -0.303. The molecule has 1 saturated heterocycles. The van der Waals surface area contributed by atoms with Crippen LogP contribution in [0.5, 0.6) is 0 Å². The van der Waals surface area contributed by atoms with E-state index in [4.69, 9.17) is 22.3 Å². The molecule has 0 spiro atoms. The topological polar surface area (TPSA) is 92.3 Å². The number of nitrogens with one attached hydrogen (secondary N) is 3. The van der Waals surface area contributed by atoms with Gasteiger partial charge in [-0.25, -0.2) is 4.99 Å². The van der Waals surface area contributed by atoms with Crippen molar-refractivity contribution in [1.29, 1.82) is 0 Å². The summed E-state index contributed by atoms with van der Waals surface area (Å²) in [7, 11) is 1.90. The van der Waals surface area contributed by atoms with Crippen LogP contribution in [0.1, 0.15) is 24.0 Å². The van der Waals surface area contributed by atoms with Gasteiger partial charge in [0, 0.05) is 47.2 Å². The first-order valence-corrected chi connectivity index (χ1v) is 9.50. The third kappa shape index (κ3) is 3.85. The Labute approximate surface area is 163 Å². The minimum absolute atomic E-state index is 0.354. The normalized spacial score (nSPS) is 23.4. The first-order valence-electron chi connectivity index (χ1n) is 9.13. The predicted octanol–water partition coefficient (Wildman–Crippen LogP) is 1.53. The van der Waals surface area contributed by atoms with Crippen LogP contribution in [0.3, 0.4) is 0 Å². The zero-order chi connectivity index (χ0) is 18.9. The number of amidine groups is 1. The van der Waals surface area contributed by atoms with Crippen LogP contribution in [0, 0.1) is 0 Å². The Morgan fingerprint density at radius 3 is 2.85 bits per heavy atom. The number of benzene rings is 1. The lowest BCUT2D eigenvalue weighted by Gasteiger charge is -2.34. The highest BCUT2D eigenvalue weighted by molar-refractivity contribution is 6.30. The molecule has 4 rings (SSSR count). The lowest BCUT2D eigenvalue weighted by atomic mass is 10.0. The van der Waals surface area contributed by atoms with Crippen molar-refractivity contribution in [2.24, 2.45) is 17.8 Å². The van der Waals surface area contributed by atoms with Crippen molar-refractivity contribution in [3.05, 3.63) is 59.0 Å². The smallest absolute Gasteiger partial charge is 0.211 e. The highest BCUT2D eigenvalue weighted by Gasteiger charge is 2.32. The van der Waals surface area contributed by atoms with E-state index in [2.05, 4.69) is 21.0 Å². The third-order valence-electron chi connectivity index (χ3n) is 4.94. The molecule has 2 aliphatic heterocycles. The zero-order valence-electron chi connectivity index (χ0n) is 15.2. The number of rotatable bonds is 3. The number of aliphatic imine (C=N–C) groups is 1. The van der Waals surface area contributed by atoms with E-state index < -0.39 is 5.79 Å². The molecule has 2 aromatic rings. The molecule has 0 saturated carbocycles. The maximum Gasteiger partial charge on any atom is 0.211 e. The molecule has 1 aromatic heterocycles. The number of nitrogens with zero attached hydrogens (tertiary/aromatic N) is 3. The molecule has 3 heterocycles. The average Bonchev–Trinajstić information content (AvgIpc) is 3.09. The summed E-state index contributed by atoms with van der Waals surface area (Å²) in [6.07, 6.45) is 7.80. The van der Waals surface area contributed by atoms with Crippen LogP contribution in [0.2, 0.25) is 5.02 Å². The molecule has 2 aliphatic rings. The van der Waals surface area contributed by atoms with Gasteiger partial charge in [-0.15, -0.1) is 0 Å². The molecule has 7 nitrogen and oxygen atoms in total. The van der Waals surface area contributed by atoms with Crippen molar-refractivity contribution in [3.8, 4) is 0 Å². The van der Waals surface area contributed by atoms with E-state index in [1.165, 1.54) is 0 Å². The number of nitrogens with two attached hydrogens (primary N) is 1. The Morgan fingerprint density at radius 2 is 2.15 bits per heavy atom. The van der Waals surface area contributed by atoms with Gasteiger partial charge in [0.1, 0.15) is 5.84 Å². The minimum Gasteiger partial charge on any atom is -0.367 e. The van der Waals surface area contributed by atoms with Crippen molar-refractivity contribution >= 4 is 23.0 Å². The molecule has 0 amide bonds. The van der Waals surface area contributed by atoms with Gasteiger partial charge in [-0.3, -0.25) is 10.4 Å². The second-order valence-corrected chi connectivity index (χ2v) is 7.45. The van der Waals surface area contributed by atoms with Gasteiger partial charge in [-0.2, -0.15) is 5.10 Å². The van der Waals surface area contributed by atoms with E-state index in [0.29, 0.717) is 11.1 Å². The fourth-order valence-electron chi connectivity index (χ4n) is 3.44. The summed E-state index contributed by atoms with van der Waals surface area (Å²) < 4.78 is 1.78. The van der Waals surface area contributed by atoms with Crippen molar-refractivity contribution in [1.82, 2.24) is 25.7 Å². The second-order valence-electron chi connectivity index (χ2n) is 7.01. The Kier molecular flexibility index (Phi) is 4.90. The molecule has 27 heavy (non-hydrogen) atoms. The average molecular weight is 386 g/mol. The summed E-state index contributed by atoms with van der Waals surface area (Å²) in [6.45, 7) is 1.99. The fraction of sp³-hybridized carbons (Fsp3) is 0.368. The van der Waals surface area contributed by atoms with Gasteiger partial charge in [0.25, 0.3) is 0 Å². The third-order valence-corrected chi connectivity index (χ3v) is 5.18. The molecule has 142 valence electrons. The van der Waals surface area contributed by atoms with Crippen molar-refractivity contribution in [3.63, 3.8) is 0 Å². The molecule has 0 radical (unpaired) electrons. The number of aryl methyl sites for hydroxylation is 1. The molecule has 5 N–H and O–H groups in total. The fourth-order valence-corrected chi connectivity index (χ4v) is 3.63. The van der Waals surface area contributed by atoms with Crippen LogP contribution in [0.25, 0.3) is 5.57 Å². The Bertz CT molecular complexity index is 882. The molecule has 1 fully saturated rings. The van der Waals surface area contributed by atoms with Gasteiger partial charge in [0.2, 0.25) is 5.79 Å². The first-order chi connectivity index (χ1) is 13.0. The Morgan fingerprint density at radius 1 is 1.33 bits per heavy atom. The standard InChI is InChI=1S/C19H24ClN7/c1-27-12-13(10-24-27)17-11-23-19(21,14-3-2-4-15(20)9-14)26-18(17)25-16-5-7-22-8-6-16/h2-4,9-12,16,22-23H,5-8,21H2,1H3,(H,25,26). The van der Waals surface area contributed by atoms with Gasteiger partial charge in [-0.05, 0) is 38.1 Å². The van der Waals surface area contributed by atoms with E-state index in [1.54, 1.807) is 4.68 Å². The van der Waals surface area contributed by atoms with Gasteiger partial charge in [-0.1, -0.05) is 23.7 Å². The predicted molar refractivity (Wildman–Crippen MR) is 108 cm³/mol. The summed E-state index contributed by atoms with van der Waals surface area (Å²) in [6, 6.07) is 7.82. The highest BCUT2D eigenvalue weighted by Crippen LogP contribution is 2.27. The molecule has 0 aliphatic carbocycles. The van der Waals surface area contributed by atoms with Gasteiger partial charge < -0.3 is 16.0 Å². The SMILES string of the molecule is Cn1cc(C2=CNC(N)(c3cccc(Cl)c3)N=C2NC2CCNCC2)cn1. The number of piperidine rings is 1. The maximum absolute atomic E-state index is 6.62. The Hall–Kier alpha value is -2.35. The van der Waals surface area contributed by atoms with E-state index in [0.717, 1.165) is 48.5 Å². The minimum atomic E-state index is -1.08. The van der Waals surface area contributed by atoms with Crippen LogP contribution in [0.15, 0.2) is 47.9 Å². The van der Waals surface area contributed by atoms with E-state index in [1.807, 2.05) is 49.9 Å². The summed E-state index contributed by atoms with van der Waals surface area (Å²) in [4.78, 5) is 4.87. The van der Waals surface area contributed by atoms with E-state index in [-0.39, 0.29) is 0 Å². The molecule has 8 heteroatoms. The summed E-state index contributed by atoms with van der Waals surface area (Å²) >= 11 is 6.16. The lowest BCUT2D eigenvalue weighted by molar-refractivity contribution is 0.398. The zero-order valence-corrected chi connectivity index (χ0v) is 16.0. The molecular formula is C19H24ClN7. The van der Waals surface area contributed by atoms with Gasteiger partial charge in [0.15, 0.2) is 0 Å². The summed E-state index contributed by atoms with van der Waals surface area (Å²) in [5, 5.41) is 15.2. The maximum atomic E-state index is 6.62. The van der Waals surface area contributed by atoms with Crippen molar-refractivity contribution in [2.45, 2.75) is 24.7 Å². The van der Waals surface area contributed by atoms with Gasteiger partial charge >= 0.3 is 0 Å².